The Morgan fingerprint density at radius 3 is 2.36 bits per heavy atom. The smallest absolute Gasteiger partial charge is 0.242 e. The molecule has 0 aliphatic heterocycles. The molecule has 200 valence electrons. The zero-order valence-electron chi connectivity index (χ0n) is 22.8. The molecule has 0 aliphatic rings. The number of rotatable bonds is 17. The van der Waals surface area contributed by atoms with Gasteiger partial charge in [0.25, 0.3) is 0 Å². The molecule has 2 amide bonds. The molecule has 0 bridgehead atoms. The van der Waals surface area contributed by atoms with Crippen molar-refractivity contribution in [3.8, 4) is 11.5 Å². The Bertz CT molecular complexity index is 912. The second kappa shape index (κ2) is 15.9. The first-order valence-electron chi connectivity index (χ1n) is 13.2. The van der Waals surface area contributed by atoms with E-state index >= 15 is 0 Å². The summed E-state index contributed by atoms with van der Waals surface area (Å²) in [6.07, 6.45) is 9.00. The van der Waals surface area contributed by atoms with E-state index in [1.54, 1.807) is 30.3 Å². The standard InChI is InChI=1S/C29H44N2O5/c1-6-8-9-10-11-14-28(32)31(23(3)7-2)22-29(33)30(21-25-13-12-19-36-25)18-17-24-15-16-26(34-4)27(20-24)35-5/h12-13,15-16,19-20,23H,6-11,14,17-18,21-22H2,1-5H3/t23-/m0/s1. The van der Waals surface area contributed by atoms with E-state index in [4.69, 9.17) is 13.9 Å². The van der Waals surface area contributed by atoms with Gasteiger partial charge in [0.1, 0.15) is 12.3 Å². The van der Waals surface area contributed by atoms with Crippen molar-refractivity contribution in [1.29, 1.82) is 0 Å². The van der Waals surface area contributed by atoms with Crippen LogP contribution in [0.2, 0.25) is 0 Å². The van der Waals surface area contributed by atoms with Gasteiger partial charge in [-0.25, -0.2) is 0 Å². The van der Waals surface area contributed by atoms with E-state index in [1.165, 1.54) is 12.8 Å². The van der Waals surface area contributed by atoms with Crippen LogP contribution in [0.5, 0.6) is 11.5 Å². The van der Waals surface area contributed by atoms with Crippen molar-refractivity contribution in [3.63, 3.8) is 0 Å². The van der Waals surface area contributed by atoms with Crippen LogP contribution in [-0.4, -0.2) is 55.0 Å². The fraction of sp³-hybridized carbons (Fsp3) is 0.586. The third-order valence-electron chi connectivity index (χ3n) is 6.64. The van der Waals surface area contributed by atoms with Crippen molar-refractivity contribution in [1.82, 2.24) is 9.80 Å². The van der Waals surface area contributed by atoms with E-state index < -0.39 is 0 Å². The van der Waals surface area contributed by atoms with Gasteiger partial charge in [-0.3, -0.25) is 9.59 Å². The maximum absolute atomic E-state index is 13.5. The van der Waals surface area contributed by atoms with Gasteiger partial charge >= 0.3 is 0 Å². The van der Waals surface area contributed by atoms with Crippen LogP contribution in [0.25, 0.3) is 0 Å². The maximum atomic E-state index is 13.5. The third-order valence-corrected chi connectivity index (χ3v) is 6.64. The number of furan rings is 1. The normalized spacial score (nSPS) is 11.7. The number of carbonyl (C=O) groups excluding carboxylic acids is 2. The Morgan fingerprint density at radius 2 is 1.72 bits per heavy atom. The molecule has 1 aromatic heterocycles. The number of hydrogen-bond acceptors (Lipinski definition) is 5. The quantitative estimate of drug-likeness (QED) is 0.255. The van der Waals surface area contributed by atoms with E-state index in [0.717, 1.165) is 31.2 Å². The highest BCUT2D eigenvalue weighted by Gasteiger charge is 2.25. The molecule has 1 aromatic carbocycles. The summed E-state index contributed by atoms with van der Waals surface area (Å²) in [6, 6.07) is 9.47. The molecule has 1 heterocycles. The lowest BCUT2D eigenvalue weighted by Crippen LogP contribution is -2.46. The van der Waals surface area contributed by atoms with E-state index in [1.807, 2.05) is 44.2 Å². The Morgan fingerprint density at radius 1 is 0.972 bits per heavy atom. The number of benzene rings is 1. The molecule has 0 aliphatic carbocycles. The average Bonchev–Trinajstić information content (AvgIpc) is 3.41. The summed E-state index contributed by atoms with van der Waals surface area (Å²) < 4.78 is 16.3. The van der Waals surface area contributed by atoms with Gasteiger partial charge in [-0.1, -0.05) is 45.6 Å². The Hall–Kier alpha value is -2.96. The van der Waals surface area contributed by atoms with Crippen LogP contribution in [0, 0.1) is 0 Å². The molecule has 0 radical (unpaired) electrons. The predicted octanol–water partition coefficient (Wildman–Crippen LogP) is 5.86. The number of unbranched alkanes of at least 4 members (excludes halogenated alkanes) is 4. The monoisotopic (exact) mass is 500 g/mol. The number of ether oxygens (including phenoxy) is 2. The molecule has 7 nitrogen and oxygen atoms in total. The summed E-state index contributed by atoms with van der Waals surface area (Å²) in [7, 11) is 3.22. The van der Waals surface area contributed by atoms with E-state index in [2.05, 4.69) is 6.92 Å². The highest BCUT2D eigenvalue weighted by molar-refractivity contribution is 5.85. The molecule has 0 unspecified atom stereocenters. The zero-order chi connectivity index (χ0) is 26.3. The summed E-state index contributed by atoms with van der Waals surface area (Å²) in [5, 5.41) is 0. The molecule has 2 aromatic rings. The Balaban J connectivity index is 2.10. The van der Waals surface area contributed by atoms with Crippen LogP contribution < -0.4 is 9.47 Å². The van der Waals surface area contributed by atoms with Gasteiger partial charge in [0.15, 0.2) is 11.5 Å². The van der Waals surface area contributed by atoms with Crippen LogP contribution in [0.4, 0.5) is 0 Å². The molecule has 0 saturated heterocycles. The number of methoxy groups -OCH3 is 2. The SMILES string of the molecule is CCCCCCCC(=O)N(CC(=O)N(CCc1ccc(OC)c(OC)c1)Cc1ccco1)[C@@H](C)CC. The average molecular weight is 501 g/mol. The molecule has 0 fully saturated rings. The fourth-order valence-electron chi connectivity index (χ4n) is 4.16. The highest BCUT2D eigenvalue weighted by atomic mass is 16.5. The molecular formula is C29H44N2O5. The molecule has 0 N–H and O–H groups in total. The minimum atomic E-state index is -0.0773. The van der Waals surface area contributed by atoms with Gasteiger partial charge in [-0.2, -0.15) is 0 Å². The minimum Gasteiger partial charge on any atom is -0.493 e. The van der Waals surface area contributed by atoms with Crippen molar-refractivity contribution in [2.45, 2.75) is 84.7 Å². The number of nitrogens with zero attached hydrogens (tertiary/aromatic N) is 2. The van der Waals surface area contributed by atoms with Gasteiger partial charge in [0.05, 0.1) is 27.0 Å². The van der Waals surface area contributed by atoms with Crippen molar-refractivity contribution >= 4 is 11.8 Å². The highest BCUT2D eigenvalue weighted by Crippen LogP contribution is 2.28. The first-order valence-corrected chi connectivity index (χ1v) is 13.2. The number of carbonyl (C=O) groups is 2. The molecule has 0 saturated carbocycles. The summed E-state index contributed by atoms with van der Waals surface area (Å²) in [4.78, 5) is 30.1. The lowest BCUT2D eigenvalue weighted by atomic mass is 10.1. The van der Waals surface area contributed by atoms with E-state index in [0.29, 0.717) is 43.2 Å². The lowest BCUT2D eigenvalue weighted by Gasteiger charge is -2.31. The first-order chi connectivity index (χ1) is 17.4. The van der Waals surface area contributed by atoms with Gasteiger partial charge < -0.3 is 23.7 Å². The molecule has 0 spiro atoms. The predicted molar refractivity (Wildman–Crippen MR) is 142 cm³/mol. The van der Waals surface area contributed by atoms with E-state index in [-0.39, 0.29) is 24.4 Å². The fourth-order valence-corrected chi connectivity index (χ4v) is 4.16. The number of hydrogen-bond donors (Lipinski definition) is 0. The van der Waals surface area contributed by atoms with E-state index in [9.17, 15) is 9.59 Å². The van der Waals surface area contributed by atoms with Gasteiger partial charge in [-0.15, -0.1) is 0 Å². The first kappa shape index (κ1) is 29.3. The summed E-state index contributed by atoms with van der Waals surface area (Å²) >= 11 is 0. The van der Waals surface area contributed by atoms with Gasteiger partial charge in [-0.05, 0) is 56.0 Å². The minimum absolute atomic E-state index is 0.00778. The van der Waals surface area contributed by atoms with Crippen LogP contribution in [-0.2, 0) is 22.6 Å². The third kappa shape index (κ3) is 9.25. The molecule has 7 heteroatoms. The molecule has 2 rings (SSSR count). The van der Waals surface area contributed by atoms with Crippen molar-refractivity contribution in [3.05, 3.63) is 47.9 Å². The van der Waals surface area contributed by atoms with Crippen LogP contribution in [0.3, 0.4) is 0 Å². The van der Waals surface area contributed by atoms with Crippen LogP contribution in [0.1, 0.15) is 77.0 Å². The van der Waals surface area contributed by atoms with Crippen molar-refractivity contribution in [2.24, 2.45) is 0 Å². The molecular weight excluding hydrogens is 456 g/mol. The topological polar surface area (TPSA) is 72.2 Å². The van der Waals surface area contributed by atoms with Gasteiger partial charge in [0.2, 0.25) is 11.8 Å². The summed E-state index contributed by atoms with van der Waals surface area (Å²) in [5.41, 5.74) is 1.03. The lowest BCUT2D eigenvalue weighted by molar-refractivity contribution is -0.142. The second-order valence-corrected chi connectivity index (χ2v) is 9.28. The van der Waals surface area contributed by atoms with Crippen LogP contribution in [0.15, 0.2) is 41.0 Å². The van der Waals surface area contributed by atoms with Crippen molar-refractivity contribution < 1.29 is 23.5 Å². The zero-order valence-corrected chi connectivity index (χ0v) is 22.8. The summed E-state index contributed by atoms with van der Waals surface area (Å²) in [5.74, 6) is 2.03. The van der Waals surface area contributed by atoms with Crippen LogP contribution >= 0.6 is 0 Å². The second-order valence-electron chi connectivity index (χ2n) is 9.28. The summed E-state index contributed by atoms with van der Waals surface area (Å²) in [6.45, 7) is 7.18. The largest absolute Gasteiger partial charge is 0.493 e. The molecule has 36 heavy (non-hydrogen) atoms. The maximum Gasteiger partial charge on any atom is 0.242 e. The Labute approximate surface area is 216 Å². The van der Waals surface area contributed by atoms with Crippen molar-refractivity contribution in [2.75, 3.05) is 27.3 Å². The number of amides is 2. The Kier molecular flexibility index (Phi) is 12.9. The van der Waals surface area contributed by atoms with Gasteiger partial charge in [0, 0.05) is 19.0 Å². The molecule has 1 atom stereocenters.